The van der Waals surface area contributed by atoms with Crippen LogP contribution in [0, 0.1) is 0 Å². The van der Waals surface area contributed by atoms with Gasteiger partial charge in [-0.05, 0) is 0 Å². The van der Waals surface area contributed by atoms with Crippen molar-refractivity contribution < 1.29 is 9.53 Å². The zero-order chi connectivity index (χ0) is 20.6. The van der Waals surface area contributed by atoms with Crippen molar-refractivity contribution >= 4 is 11.7 Å². The highest BCUT2D eigenvalue weighted by Gasteiger charge is 2.27. The fraction of sp³-hybridized carbons (Fsp3) is 0.364. The molecule has 1 aliphatic heterocycles. The zero-order valence-corrected chi connectivity index (χ0v) is 17.2. The van der Waals surface area contributed by atoms with Crippen molar-refractivity contribution in [3.05, 3.63) is 59.0 Å². The van der Waals surface area contributed by atoms with Gasteiger partial charge in [0, 0.05) is 41.9 Å². The zero-order valence-electron chi connectivity index (χ0n) is 17.2. The van der Waals surface area contributed by atoms with Gasteiger partial charge in [-0.25, -0.2) is 9.97 Å². The van der Waals surface area contributed by atoms with Crippen molar-refractivity contribution in [1.29, 1.82) is 0 Å². The number of nitrogens with zero attached hydrogens (tertiary/aromatic N) is 4. The molecule has 0 spiro atoms. The third-order valence-electron chi connectivity index (χ3n) is 5.01. The Labute approximate surface area is 170 Å². The van der Waals surface area contributed by atoms with Gasteiger partial charge in [0.2, 0.25) is 0 Å². The quantitative estimate of drug-likeness (QED) is 0.739. The molecule has 0 saturated heterocycles. The summed E-state index contributed by atoms with van der Waals surface area (Å²) in [5, 5.41) is 7.43. The van der Waals surface area contributed by atoms with Crippen molar-refractivity contribution in [1.82, 2.24) is 19.7 Å². The standard InChI is InChI=1S/C22H25N5O2/c1-22(2,3)18-15(12-23-19(24-18)14-8-6-5-7-9-14)21(28)25-20-16-13-29-11-10-17(16)27(4)26-20/h5-9,12H,10-11,13H2,1-4H3,(H,25,26,28). The molecule has 29 heavy (non-hydrogen) atoms. The molecule has 0 saturated carbocycles. The van der Waals surface area contributed by atoms with Crippen molar-refractivity contribution in [2.75, 3.05) is 11.9 Å². The lowest BCUT2D eigenvalue weighted by molar-refractivity contribution is 0.102. The van der Waals surface area contributed by atoms with Crippen LogP contribution < -0.4 is 5.32 Å². The third kappa shape index (κ3) is 3.78. The highest BCUT2D eigenvalue weighted by molar-refractivity contribution is 6.05. The summed E-state index contributed by atoms with van der Waals surface area (Å²) >= 11 is 0. The maximum Gasteiger partial charge on any atom is 0.260 e. The van der Waals surface area contributed by atoms with Crippen molar-refractivity contribution in [3.8, 4) is 11.4 Å². The molecule has 3 aromatic rings. The number of nitrogens with one attached hydrogen (secondary N) is 1. The molecule has 2 aromatic heterocycles. The Morgan fingerprint density at radius 1 is 1.21 bits per heavy atom. The van der Waals surface area contributed by atoms with Gasteiger partial charge in [0.25, 0.3) is 5.91 Å². The van der Waals surface area contributed by atoms with E-state index in [1.165, 1.54) is 0 Å². The van der Waals surface area contributed by atoms with Gasteiger partial charge < -0.3 is 10.1 Å². The highest BCUT2D eigenvalue weighted by atomic mass is 16.5. The van der Waals surface area contributed by atoms with Gasteiger partial charge in [0.05, 0.1) is 24.5 Å². The molecular formula is C22H25N5O2. The third-order valence-corrected chi connectivity index (χ3v) is 5.01. The van der Waals surface area contributed by atoms with Gasteiger partial charge in [-0.15, -0.1) is 0 Å². The average molecular weight is 391 g/mol. The number of hydrogen-bond acceptors (Lipinski definition) is 5. The molecule has 1 aliphatic rings. The summed E-state index contributed by atoms with van der Waals surface area (Å²) in [4.78, 5) is 22.3. The first-order valence-corrected chi connectivity index (χ1v) is 9.71. The summed E-state index contributed by atoms with van der Waals surface area (Å²) in [6.07, 6.45) is 2.40. The number of aryl methyl sites for hydroxylation is 1. The second kappa shape index (κ2) is 7.40. The number of fused-ring (bicyclic) bond motifs is 1. The summed E-state index contributed by atoms with van der Waals surface area (Å²) in [5.41, 5.74) is 3.77. The van der Waals surface area contributed by atoms with Crippen LogP contribution in [-0.2, 0) is 30.2 Å². The minimum atomic E-state index is -0.328. The average Bonchev–Trinajstić information content (AvgIpc) is 3.03. The lowest BCUT2D eigenvalue weighted by atomic mass is 9.88. The number of ether oxygens (including phenoxy) is 1. The van der Waals surface area contributed by atoms with Crippen molar-refractivity contribution in [2.24, 2.45) is 7.05 Å². The van der Waals surface area contributed by atoms with E-state index in [1.807, 2.05) is 62.8 Å². The summed E-state index contributed by atoms with van der Waals surface area (Å²) in [6.45, 7) is 7.24. The van der Waals surface area contributed by atoms with Crippen LogP contribution in [0.4, 0.5) is 5.82 Å². The predicted molar refractivity (Wildman–Crippen MR) is 111 cm³/mol. The van der Waals surface area contributed by atoms with E-state index in [0.29, 0.717) is 36.1 Å². The maximum absolute atomic E-state index is 13.1. The second-order valence-corrected chi connectivity index (χ2v) is 8.23. The molecule has 1 aromatic carbocycles. The molecule has 4 rings (SSSR count). The number of hydrogen-bond donors (Lipinski definition) is 1. The first-order valence-electron chi connectivity index (χ1n) is 9.71. The van der Waals surface area contributed by atoms with Gasteiger partial charge in [-0.3, -0.25) is 9.48 Å². The van der Waals surface area contributed by atoms with Gasteiger partial charge in [-0.1, -0.05) is 51.1 Å². The number of rotatable bonds is 3. The van der Waals surface area contributed by atoms with Gasteiger partial charge in [-0.2, -0.15) is 5.10 Å². The molecule has 1 amide bonds. The van der Waals surface area contributed by atoms with Crippen LogP contribution in [0.3, 0.4) is 0 Å². The SMILES string of the molecule is Cn1nc(NC(=O)c2cnc(-c3ccccc3)nc2C(C)(C)C)c2c1CCOC2. The lowest BCUT2D eigenvalue weighted by Crippen LogP contribution is -2.24. The van der Waals surface area contributed by atoms with Gasteiger partial charge in [0.15, 0.2) is 11.6 Å². The van der Waals surface area contributed by atoms with E-state index >= 15 is 0 Å². The second-order valence-electron chi connectivity index (χ2n) is 8.23. The molecule has 0 bridgehead atoms. The van der Waals surface area contributed by atoms with E-state index in [2.05, 4.69) is 15.4 Å². The molecule has 150 valence electrons. The van der Waals surface area contributed by atoms with Crippen LogP contribution in [0.15, 0.2) is 36.5 Å². The highest BCUT2D eigenvalue weighted by Crippen LogP contribution is 2.28. The van der Waals surface area contributed by atoms with Crippen LogP contribution in [0.5, 0.6) is 0 Å². The Kier molecular flexibility index (Phi) is 4.92. The van der Waals surface area contributed by atoms with E-state index < -0.39 is 0 Å². The lowest BCUT2D eigenvalue weighted by Gasteiger charge is -2.21. The Balaban J connectivity index is 1.70. The largest absolute Gasteiger partial charge is 0.376 e. The van der Waals surface area contributed by atoms with E-state index in [0.717, 1.165) is 23.2 Å². The molecule has 0 atom stereocenters. The minimum Gasteiger partial charge on any atom is -0.376 e. The minimum absolute atomic E-state index is 0.263. The summed E-state index contributed by atoms with van der Waals surface area (Å²) in [5.74, 6) is 0.885. The first-order chi connectivity index (χ1) is 13.8. The normalized spacial score (nSPS) is 13.8. The Bertz CT molecular complexity index is 1050. The van der Waals surface area contributed by atoms with E-state index in [1.54, 1.807) is 6.20 Å². The molecule has 1 N–H and O–H groups in total. The van der Waals surface area contributed by atoms with E-state index in [9.17, 15) is 4.79 Å². The molecular weight excluding hydrogens is 366 g/mol. The Hall–Kier alpha value is -3.06. The van der Waals surface area contributed by atoms with Crippen LogP contribution in [-0.4, -0.2) is 32.3 Å². The summed E-state index contributed by atoms with van der Waals surface area (Å²) in [6, 6.07) is 9.77. The smallest absolute Gasteiger partial charge is 0.260 e. The number of anilines is 1. The number of carbonyl (C=O) groups is 1. The number of aromatic nitrogens is 4. The van der Waals surface area contributed by atoms with Crippen LogP contribution >= 0.6 is 0 Å². The maximum atomic E-state index is 13.1. The monoisotopic (exact) mass is 391 g/mol. The number of benzene rings is 1. The molecule has 0 fully saturated rings. The number of amides is 1. The summed E-state index contributed by atoms with van der Waals surface area (Å²) in [7, 11) is 1.89. The fourth-order valence-corrected chi connectivity index (χ4v) is 3.53. The molecule has 7 nitrogen and oxygen atoms in total. The molecule has 7 heteroatoms. The molecule has 0 radical (unpaired) electrons. The fourth-order valence-electron chi connectivity index (χ4n) is 3.53. The van der Waals surface area contributed by atoms with Gasteiger partial charge >= 0.3 is 0 Å². The molecule has 3 heterocycles. The first kappa shape index (κ1) is 19.3. The van der Waals surface area contributed by atoms with Crippen molar-refractivity contribution in [3.63, 3.8) is 0 Å². The predicted octanol–water partition coefficient (Wildman–Crippen LogP) is 3.50. The van der Waals surface area contributed by atoms with Gasteiger partial charge in [0.1, 0.15) is 0 Å². The Morgan fingerprint density at radius 3 is 2.69 bits per heavy atom. The van der Waals surface area contributed by atoms with Crippen LogP contribution in [0.1, 0.15) is 48.1 Å². The summed E-state index contributed by atoms with van der Waals surface area (Å²) < 4.78 is 7.36. The molecule has 0 aliphatic carbocycles. The van der Waals surface area contributed by atoms with Crippen LogP contribution in [0.25, 0.3) is 11.4 Å². The molecule has 0 unspecified atom stereocenters. The van der Waals surface area contributed by atoms with Crippen molar-refractivity contribution in [2.45, 2.75) is 39.2 Å². The van der Waals surface area contributed by atoms with E-state index in [4.69, 9.17) is 9.72 Å². The van der Waals surface area contributed by atoms with E-state index in [-0.39, 0.29) is 11.3 Å². The Morgan fingerprint density at radius 2 is 1.97 bits per heavy atom. The van der Waals surface area contributed by atoms with Crippen LogP contribution in [0.2, 0.25) is 0 Å². The number of carbonyl (C=O) groups excluding carboxylic acids is 1. The topological polar surface area (TPSA) is 81.9 Å².